The Morgan fingerprint density at radius 2 is 1.94 bits per heavy atom. The summed E-state index contributed by atoms with van der Waals surface area (Å²) in [4.78, 5) is 0. The van der Waals surface area contributed by atoms with Crippen LogP contribution in [-0.4, -0.2) is 10.5 Å². The first-order valence-electron chi connectivity index (χ1n) is 4.90. The number of benzene rings is 1. The summed E-state index contributed by atoms with van der Waals surface area (Å²) in [6.45, 7) is 0. The molecule has 0 fully saturated rings. The van der Waals surface area contributed by atoms with Gasteiger partial charge in [0.05, 0.1) is 6.04 Å². The number of hydrogen-bond acceptors (Lipinski definition) is 2. The van der Waals surface area contributed by atoms with Gasteiger partial charge in [-0.25, -0.2) is 0 Å². The molecule has 2 unspecified atom stereocenters. The number of nitrogens with two attached hydrogens (primary N) is 2. The molecule has 4 N–H and O–H groups in total. The fourth-order valence-corrected chi connectivity index (χ4v) is 2.69. The molecule has 2 nitrogen and oxygen atoms in total. The number of alkyl halides is 1. The van der Waals surface area contributed by atoms with E-state index in [-0.39, 0.29) is 6.04 Å². The second-order valence-corrected chi connectivity index (χ2v) is 5.91. The Kier molecular flexibility index (Phi) is 3.35. The van der Waals surface area contributed by atoms with Crippen LogP contribution in [0, 0.1) is 0 Å². The van der Waals surface area contributed by atoms with Gasteiger partial charge in [-0.15, -0.1) is 0 Å². The van der Waals surface area contributed by atoms with E-state index in [1.54, 1.807) is 0 Å². The van der Waals surface area contributed by atoms with Gasteiger partial charge in [0.15, 0.2) is 0 Å². The Bertz CT molecular complexity index is 464. The first-order valence-corrected chi connectivity index (χ1v) is 6.49. The number of halogens is 2. The van der Waals surface area contributed by atoms with Crippen LogP contribution in [0.15, 0.2) is 47.0 Å². The van der Waals surface area contributed by atoms with Crippen LogP contribution in [0.3, 0.4) is 0 Å². The number of allylic oxidation sites excluding steroid dienone is 2. The summed E-state index contributed by atoms with van der Waals surface area (Å²) in [6, 6.07) is 7.72. The molecule has 2 rings (SSSR count). The third kappa shape index (κ3) is 2.02. The fraction of sp³-hybridized carbons (Fsp3) is 0.167. The van der Waals surface area contributed by atoms with Gasteiger partial charge < -0.3 is 11.5 Å². The highest BCUT2D eigenvalue weighted by molar-refractivity contribution is 9.10. The largest absolute Gasteiger partial charge is 0.322 e. The second-order valence-electron chi connectivity index (χ2n) is 3.74. The average molecular weight is 344 g/mol. The van der Waals surface area contributed by atoms with Gasteiger partial charge in [0.25, 0.3) is 0 Å². The molecule has 1 aromatic carbocycles. The molecule has 0 saturated heterocycles. The molecule has 0 saturated carbocycles. The molecule has 16 heavy (non-hydrogen) atoms. The molecular formula is C12H12Br2N2. The van der Waals surface area contributed by atoms with Crippen molar-refractivity contribution in [2.24, 2.45) is 11.5 Å². The van der Waals surface area contributed by atoms with Crippen LogP contribution in [0.1, 0.15) is 5.56 Å². The van der Waals surface area contributed by atoms with Gasteiger partial charge in [-0.05, 0) is 17.2 Å². The third-order valence-electron chi connectivity index (χ3n) is 2.64. The van der Waals surface area contributed by atoms with E-state index in [2.05, 4.69) is 31.9 Å². The molecule has 84 valence electrons. The zero-order valence-electron chi connectivity index (χ0n) is 8.53. The highest BCUT2D eigenvalue weighted by Gasteiger charge is 2.35. The Hall–Kier alpha value is -0.420. The Morgan fingerprint density at radius 3 is 2.62 bits per heavy atom. The maximum Gasteiger partial charge on any atom is 0.117 e. The zero-order chi connectivity index (χ0) is 11.8. The highest BCUT2D eigenvalue weighted by Crippen LogP contribution is 2.38. The van der Waals surface area contributed by atoms with E-state index in [1.165, 1.54) is 0 Å². The van der Waals surface area contributed by atoms with Crippen molar-refractivity contribution >= 4 is 37.4 Å². The van der Waals surface area contributed by atoms with Crippen LogP contribution in [0.5, 0.6) is 0 Å². The van der Waals surface area contributed by atoms with Crippen molar-refractivity contribution in [3.8, 4) is 0 Å². The molecule has 0 spiro atoms. The summed E-state index contributed by atoms with van der Waals surface area (Å²) in [5.74, 6) is 0. The topological polar surface area (TPSA) is 52.0 Å². The van der Waals surface area contributed by atoms with Gasteiger partial charge in [-0.2, -0.15) is 0 Å². The van der Waals surface area contributed by atoms with Crippen molar-refractivity contribution in [1.29, 1.82) is 0 Å². The van der Waals surface area contributed by atoms with Crippen LogP contribution >= 0.6 is 31.9 Å². The lowest BCUT2D eigenvalue weighted by molar-refractivity contribution is 0.675. The minimum absolute atomic E-state index is 0.236. The predicted octanol–water partition coefficient (Wildman–Crippen LogP) is 2.78. The molecule has 0 aromatic heterocycles. The van der Waals surface area contributed by atoms with Crippen LogP contribution in [0.25, 0.3) is 5.57 Å². The maximum absolute atomic E-state index is 6.22. The van der Waals surface area contributed by atoms with Gasteiger partial charge in [0.1, 0.15) is 4.45 Å². The molecule has 0 aliphatic heterocycles. The molecule has 2 atom stereocenters. The molecule has 0 radical (unpaired) electrons. The predicted molar refractivity (Wildman–Crippen MR) is 75.1 cm³/mol. The lowest BCUT2D eigenvalue weighted by Crippen LogP contribution is -2.51. The lowest BCUT2D eigenvalue weighted by Gasteiger charge is -2.33. The summed E-state index contributed by atoms with van der Waals surface area (Å²) in [6.07, 6.45) is 5.80. The molecule has 4 heteroatoms. The summed E-state index contributed by atoms with van der Waals surface area (Å²) >= 11 is 7.03. The van der Waals surface area contributed by atoms with Gasteiger partial charge in [-0.1, -0.05) is 68.3 Å². The van der Waals surface area contributed by atoms with E-state index < -0.39 is 4.45 Å². The minimum Gasteiger partial charge on any atom is -0.322 e. The normalized spacial score (nSPS) is 29.0. The van der Waals surface area contributed by atoms with Crippen molar-refractivity contribution in [2.45, 2.75) is 10.5 Å². The van der Waals surface area contributed by atoms with Crippen LogP contribution < -0.4 is 11.5 Å². The number of rotatable bonds is 1. The highest BCUT2D eigenvalue weighted by atomic mass is 79.9. The smallest absolute Gasteiger partial charge is 0.117 e. The summed E-state index contributed by atoms with van der Waals surface area (Å²) in [5.41, 5.74) is 14.2. The maximum atomic E-state index is 6.22. The molecule has 0 heterocycles. The monoisotopic (exact) mass is 342 g/mol. The first-order chi connectivity index (χ1) is 7.53. The van der Waals surface area contributed by atoms with E-state index in [1.807, 2.05) is 42.5 Å². The van der Waals surface area contributed by atoms with E-state index in [4.69, 9.17) is 11.5 Å². The van der Waals surface area contributed by atoms with E-state index >= 15 is 0 Å². The van der Waals surface area contributed by atoms with E-state index in [9.17, 15) is 0 Å². The summed E-state index contributed by atoms with van der Waals surface area (Å²) in [7, 11) is 0. The van der Waals surface area contributed by atoms with Crippen molar-refractivity contribution in [2.75, 3.05) is 0 Å². The second kappa shape index (κ2) is 4.45. The van der Waals surface area contributed by atoms with Gasteiger partial charge in [0, 0.05) is 4.47 Å². The van der Waals surface area contributed by atoms with Crippen LogP contribution in [-0.2, 0) is 0 Å². The molecule has 1 aliphatic rings. The van der Waals surface area contributed by atoms with Gasteiger partial charge >= 0.3 is 0 Å². The Balaban J connectivity index is 2.53. The summed E-state index contributed by atoms with van der Waals surface area (Å²) in [5, 5.41) is 0. The summed E-state index contributed by atoms with van der Waals surface area (Å²) < 4.78 is 0.295. The molecular weight excluding hydrogens is 332 g/mol. The zero-order valence-corrected chi connectivity index (χ0v) is 11.7. The van der Waals surface area contributed by atoms with Crippen molar-refractivity contribution in [3.05, 3.63) is 52.5 Å². The Morgan fingerprint density at radius 1 is 1.25 bits per heavy atom. The quantitative estimate of drug-likeness (QED) is 0.608. The van der Waals surface area contributed by atoms with E-state index in [0.29, 0.717) is 0 Å². The van der Waals surface area contributed by atoms with Crippen LogP contribution in [0.4, 0.5) is 0 Å². The Labute approximate surface area is 112 Å². The van der Waals surface area contributed by atoms with Gasteiger partial charge in [-0.3, -0.25) is 0 Å². The SMILES string of the molecule is NC1C=CC=C(c2ccccc2Br)C1(N)Br. The minimum atomic E-state index is -0.717. The van der Waals surface area contributed by atoms with Gasteiger partial charge in [0.2, 0.25) is 0 Å². The van der Waals surface area contributed by atoms with E-state index in [0.717, 1.165) is 15.6 Å². The molecule has 0 amide bonds. The molecule has 1 aromatic rings. The first kappa shape index (κ1) is 12.0. The molecule has 1 aliphatic carbocycles. The van der Waals surface area contributed by atoms with Crippen molar-refractivity contribution in [1.82, 2.24) is 0 Å². The lowest BCUT2D eigenvalue weighted by atomic mass is 9.90. The fourth-order valence-electron chi connectivity index (χ4n) is 1.69. The molecule has 0 bridgehead atoms. The average Bonchev–Trinajstić information content (AvgIpc) is 2.24. The standard InChI is InChI=1S/C12H12Br2N2/c13-10-6-2-1-4-8(10)9-5-3-7-11(15)12(9,14)16/h1-7,11H,15-16H2. The van der Waals surface area contributed by atoms with Crippen LogP contribution in [0.2, 0.25) is 0 Å². The third-order valence-corrected chi connectivity index (χ3v) is 4.29. The van der Waals surface area contributed by atoms with Crippen molar-refractivity contribution in [3.63, 3.8) is 0 Å². The van der Waals surface area contributed by atoms with Crippen molar-refractivity contribution < 1.29 is 0 Å². The number of hydrogen-bond donors (Lipinski definition) is 2.